The van der Waals surface area contributed by atoms with Gasteiger partial charge >= 0.3 is 0 Å². The number of aryl methyl sites for hydroxylation is 1. The zero-order chi connectivity index (χ0) is 14.7. The van der Waals surface area contributed by atoms with E-state index in [2.05, 4.69) is 15.3 Å². The Hall–Kier alpha value is -2.14. The van der Waals surface area contributed by atoms with Crippen LogP contribution in [0.15, 0.2) is 24.5 Å². The van der Waals surface area contributed by atoms with Crippen molar-refractivity contribution in [1.82, 2.24) is 9.97 Å². The van der Waals surface area contributed by atoms with E-state index in [4.69, 9.17) is 10.5 Å². The summed E-state index contributed by atoms with van der Waals surface area (Å²) in [5.41, 5.74) is 10.2. The summed E-state index contributed by atoms with van der Waals surface area (Å²) < 4.78 is 5.57. The average molecular weight is 284 g/mol. The molecule has 1 aliphatic carbocycles. The van der Waals surface area contributed by atoms with Gasteiger partial charge in [0.25, 0.3) is 0 Å². The quantitative estimate of drug-likeness (QED) is 0.882. The van der Waals surface area contributed by atoms with Gasteiger partial charge in [0.1, 0.15) is 17.9 Å². The summed E-state index contributed by atoms with van der Waals surface area (Å²) in [5, 5.41) is 3.39. The lowest BCUT2D eigenvalue weighted by atomic mass is 10.1. The van der Waals surface area contributed by atoms with Crippen LogP contribution in [0.3, 0.4) is 0 Å². The number of anilines is 2. The van der Waals surface area contributed by atoms with Crippen LogP contribution < -0.4 is 15.8 Å². The molecule has 3 rings (SSSR count). The fraction of sp³-hybridized carbons (Fsp3) is 0.375. The molecule has 2 aromatic rings. The predicted octanol–water partition coefficient (Wildman–Crippen LogP) is 2.57. The van der Waals surface area contributed by atoms with Crippen LogP contribution in [-0.2, 0) is 19.4 Å². The van der Waals surface area contributed by atoms with Crippen LogP contribution >= 0.6 is 0 Å². The van der Waals surface area contributed by atoms with Crippen LogP contribution in [0.2, 0.25) is 0 Å². The zero-order valence-electron chi connectivity index (χ0n) is 12.2. The van der Waals surface area contributed by atoms with Crippen molar-refractivity contribution < 1.29 is 4.74 Å². The van der Waals surface area contributed by atoms with E-state index in [0.29, 0.717) is 13.2 Å². The molecule has 0 bridgehead atoms. The Morgan fingerprint density at radius 2 is 2.19 bits per heavy atom. The molecule has 0 saturated heterocycles. The van der Waals surface area contributed by atoms with Gasteiger partial charge in [-0.15, -0.1) is 0 Å². The summed E-state index contributed by atoms with van der Waals surface area (Å²) in [6.45, 7) is 3.06. The third-order valence-corrected chi connectivity index (χ3v) is 3.72. The second kappa shape index (κ2) is 6.10. The number of rotatable bonds is 5. The molecule has 0 unspecified atom stereocenters. The number of nitrogens with two attached hydrogens (primary N) is 1. The molecule has 0 aliphatic heterocycles. The Morgan fingerprint density at radius 1 is 1.29 bits per heavy atom. The zero-order valence-corrected chi connectivity index (χ0v) is 12.2. The van der Waals surface area contributed by atoms with Gasteiger partial charge in [0.05, 0.1) is 6.61 Å². The van der Waals surface area contributed by atoms with Gasteiger partial charge in [-0.05, 0) is 44.4 Å². The molecular formula is C16H20N4O. The first-order chi connectivity index (χ1) is 10.3. The normalized spacial score (nSPS) is 13.0. The van der Waals surface area contributed by atoms with E-state index in [1.54, 1.807) is 6.33 Å². The van der Waals surface area contributed by atoms with E-state index >= 15 is 0 Å². The largest absolute Gasteiger partial charge is 0.494 e. The molecule has 0 spiro atoms. The molecule has 5 heteroatoms. The van der Waals surface area contributed by atoms with Crippen molar-refractivity contribution in [1.29, 1.82) is 0 Å². The number of nitrogens with one attached hydrogen (secondary N) is 1. The van der Waals surface area contributed by atoms with E-state index in [9.17, 15) is 0 Å². The van der Waals surface area contributed by atoms with Crippen molar-refractivity contribution in [3.63, 3.8) is 0 Å². The number of benzene rings is 1. The Labute approximate surface area is 124 Å². The molecular weight excluding hydrogens is 264 g/mol. The monoisotopic (exact) mass is 284 g/mol. The summed E-state index contributed by atoms with van der Waals surface area (Å²) in [4.78, 5) is 8.72. The SMILES string of the molecule is CCOc1ccc(Nc2ncnc3c2CCC3)cc1CN. The Balaban J connectivity index is 1.87. The van der Waals surface area contributed by atoms with Crippen molar-refractivity contribution in [3.05, 3.63) is 41.3 Å². The highest BCUT2D eigenvalue weighted by Gasteiger charge is 2.17. The summed E-state index contributed by atoms with van der Waals surface area (Å²) in [5.74, 6) is 1.75. The predicted molar refractivity (Wildman–Crippen MR) is 82.8 cm³/mol. The van der Waals surface area contributed by atoms with E-state index in [0.717, 1.165) is 47.8 Å². The first-order valence-electron chi connectivity index (χ1n) is 7.37. The Morgan fingerprint density at radius 3 is 3.00 bits per heavy atom. The van der Waals surface area contributed by atoms with Crippen molar-refractivity contribution in [2.24, 2.45) is 5.73 Å². The maximum absolute atomic E-state index is 5.80. The molecule has 21 heavy (non-hydrogen) atoms. The van der Waals surface area contributed by atoms with Crippen molar-refractivity contribution in [2.45, 2.75) is 32.7 Å². The van der Waals surface area contributed by atoms with Gasteiger partial charge in [-0.1, -0.05) is 0 Å². The third kappa shape index (κ3) is 2.83. The van der Waals surface area contributed by atoms with E-state index in [1.807, 2.05) is 25.1 Å². The number of ether oxygens (including phenoxy) is 1. The lowest BCUT2D eigenvalue weighted by Crippen LogP contribution is -2.04. The lowest BCUT2D eigenvalue weighted by molar-refractivity contribution is 0.336. The van der Waals surface area contributed by atoms with Crippen LogP contribution in [0.25, 0.3) is 0 Å². The number of hydrogen-bond donors (Lipinski definition) is 2. The summed E-state index contributed by atoms with van der Waals surface area (Å²) in [6, 6.07) is 5.97. The Kier molecular flexibility index (Phi) is 4.01. The van der Waals surface area contributed by atoms with Gasteiger partial charge in [0.15, 0.2) is 0 Å². The van der Waals surface area contributed by atoms with Crippen LogP contribution in [0, 0.1) is 0 Å². The van der Waals surface area contributed by atoms with Crippen molar-refractivity contribution in [3.8, 4) is 5.75 Å². The highest BCUT2D eigenvalue weighted by molar-refractivity contribution is 5.62. The van der Waals surface area contributed by atoms with Crippen molar-refractivity contribution in [2.75, 3.05) is 11.9 Å². The number of hydrogen-bond acceptors (Lipinski definition) is 5. The second-order valence-electron chi connectivity index (χ2n) is 5.09. The summed E-state index contributed by atoms with van der Waals surface area (Å²) in [7, 11) is 0. The minimum absolute atomic E-state index is 0.451. The number of fused-ring (bicyclic) bond motifs is 1. The fourth-order valence-corrected chi connectivity index (χ4v) is 2.72. The minimum atomic E-state index is 0.451. The standard InChI is InChI=1S/C16H20N4O/c1-2-21-15-7-6-12(8-11(15)9-17)20-16-13-4-3-5-14(13)18-10-19-16/h6-8,10H,2-5,9,17H2,1H3,(H,18,19,20). The lowest BCUT2D eigenvalue weighted by Gasteiger charge is -2.13. The van der Waals surface area contributed by atoms with Crippen molar-refractivity contribution >= 4 is 11.5 Å². The second-order valence-corrected chi connectivity index (χ2v) is 5.09. The fourth-order valence-electron chi connectivity index (χ4n) is 2.72. The first-order valence-corrected chi connectivity index (χ1v) is 7.37. The van der Waals surface area contributed by atoms with Gasteiger partial charge in [-0.3, -0.25) is 0 Å². The molecule has 1 aromatic heterocycles. The first kappa shape index (κ1) is 13.8. The van der Waals surface area contributed by atoms with Crippen LogP contribution in [0.1, 0.15) is 30.2 Å². The van der Waals surface area contributed by atoms with Gasteiger partial charge < -0.3 is 15.8 Å². The molecule has 1 heterocycles. The summed E-state index contributed by atoms with van der Waals surface area (Å²) in [6.07, 6.45) is 4.87. The number of aromatic nitrogens is 2. The highest BCUT2D eigenvalue weighted by atomic mass is 16.5. The molecule has 0 amide bonds. The van der Waals surface area contributed by atoms with Gasteiger partial charge in [0.2, 0.25) is 0 Å². The average Bonchev–Trinajstić information content (AvgIpc) is 2.98. The molecule has 5 nitrogen and oxygen atoms in total. The molecule has 110 valence electrons. The molecule has 3 N–H and O–H groups in total. The van der Waals surface area contributed by atoms with Gasteiger partial charge in [-0.2, -0.15) is 0 Å². The topological polar surface area (TPSA) is 73.1 Å². The Bertz CT molecular complexity index is 642. The third-order valence-electron chi connectivity index (χ3n) is 3.72. The van der Waals surface area contributed by atoms with Crippen LogP contribution in [-0.4, -0.2) is 16.6 Å². The number of nitrogens with zero attached hydrogens (tertiary/aromatic N) is 2. The summed E-state index contributed by atoms with van der Waals surface area (Å²) >= 11 is 0. The minimum Gasteiger partial charge on any atom is -0.494 e. The van der Waals surface area contributed by atoms with Crippen LogP contribution in [0.4, 0.5) is 11.5 Å². The van der Waals surface area contributed by atoms with Gasteiger partial charge in [-0.25, -0.2) is 9.97 Å². The maximum Gasteiger partial charge on any atom is 0.137 e. The molecule has 0 fully saturated rings. The smallest absolute Gasteiger partial charge is 0.137 e. The maximum atomic E-state index is 5.80. The molecule has 0 radical (unpaired) electrons. The van der Waals surface area contributed by atoms with Gasteiger partial charge in [0, 0.05) is 29.1 Å². The van der Waals surface area contributed by atoms with E-state index in [1.165, 1.54) is 5.56 Å². The molecule has 1 aliphatic rings. The molecule has 1 aromatic carbocycles. The van der Waals surface area contributed by atoms with Crippen LogP contribution in [0.5, 0.6) is 5.75 Å². The molecule has 0 atom stereocenters. The molecule has 0 saturated carbocycles. The van der Waals surface area contributed by atoms with E-state index in [-0.39, 0.29) is 0 Å². The van der Waals surface area contributed by atoms with E-state index < -0.39 is 0 Å². The highest BCUT2D eigenvalue weighted by Crippen LogP contribution is 2.29.